The van der Waals surface area contributed by atoms with Crippen molar-refractivity contribution in [1.29, 1.82) is 5.26 Å². The lowest BCUT2D eigenvalue weighted by atomic mass is 9.84. The molecule has 0 radical (unpaired) electrons. The number of esters is 1. The lowest BCUT2D eigenvalue weighted by Gasteiger charge is -2.24. The summed E-state index contributed by atoms with van der Waals surface area (Å²) in [7, 11) is 1.24. The minimum atomic E-state index is -0.797. The number of nitriles is 1. The summed E-state index contributed by atoms with van der Waals surface area (Å²) >= 11 is 1.15. The number of hydrogen-bond donors (Lipinski definition) is 1. The Hall–Kier alpha value is -4.29. The summed E-state index contributed by atoms with van der Waals surface area (Å²) in [5.41, 5.74) is 7.72. The van der Waals surface area contributed by atoms with E-state index in [0.29, 0.717) is 33.7 Å². The fourth-order valence-corrected chi connectivity index (χ4v) is 5.22. The number of carbonyl (C=O) groups excluding carboxylic acids is 1. The maximum Gasteiger partial charge on any atom is 0.338 e. The summed E-state index contributed by atoms with van der Waals surface area (Å²) < 4.78 is 18.0. The topological polar surface area (TPSA) is 117 Å². The Kier molecular flexibility index (Phi) is 7.27. The molecule has 184 valence electrons. The second-order valence-electron chi connectivity index (χ2n) is 7.81. The second kappa shape index (κ2) is 10.5. The molecule has 1 aliphatic heterocycles. The van der Waals surface area contributed by atoms with Crippen LogP contribution >= 0.6 is 11.3 Å². The number of benzene rings is 2. The van der Waals surface area contributed by atoms with E-state index < -0.39 is 17.4 Å². The van der Waals surface area contributed by atoms with E-state index >= 15 is 0 Å². The fraction of sp³-hybridized carbons (Fsp3) is 0.222. The van der Waals surface area contributed by atoms with Crippen LogP contribution in [-0.2, 0) is 9.53 Å². The van der Waals surface area contributed by atoms with Crippen molar-refractivity contribution in [1.82, 2.24) is 4.57 Å². The Labute approximate surface area is 211 Å². The molecule has 0 fully saturated rings. The number of nitrogens with two attached hydrogens (primary N) is 1. The van der Waals surface area contributed by atoms with Gasteiger partial charge in [-0.2, -0.15) is 5.26 Å². The van der Waals surface area contributed by atoms with Crippen molar-refractivity contribution in [3.63, 3.8) is 0 Å². The summed E-state index contributed by atoms with van der Waals surface area (Å²) in [6.07, 6.45) is 1.72. The number of hydrogen-bond acceptors (Lipinski definition) is 8. The molecule has 0 saturated carbocycles. The van der Waals surface area contributed by atoms with Gasteiger partial charge in [0.05, 0.1) is 48.0 Å². The van der Waals surface area contributed by atoms with Crippen LogP contribution in [0.25, 0.3) is 17.5 Å². The number of aromatic nitrogens is 1. The van der Waals surface area contributed by atoms with Gasteiger partial charge >= 0.3 is 5.97 Å². The van der Waals surface area contributed by atoms with Gasteiger partial charge in [0.15, 0.2) is 0 Å². The standard InChI is InChI=1S/C27H25N3O5S/c1-4-34-18-10-6-16(7-11-18)14-21-25(31)30-24(29)23(27(32)33-3)22(20(15-28)26(30)36-21)17-8-12-19(13-9-17)35-5-2/h6-14,22H,4-5,29H2,1-3H3. The quantitative estimate of drug-likeness (QED) is 0.492. The highest BCUT2D eigenvalue weighted by Gasteiger charge is 2.36. The second-order valence-corrected chi connectivity index (χ2v) is 8.84. The molecule has 8 nitrogen and oxygen atoms in total. The molecule has 0 aliphatic carbocycles. The summed E-state index contributed by atoms with van der Waals surface area (Å²) in [4.78, 5) is 26.2. The third kappa shape index (κ3) is 4.51. The van der Waals surface area contributed by atoms with Gasteiger partial charge in [0, 0.05) is 0 Å². The molecule has 0 amide bonds. The van der Waals surface area contributed by atoms with E-state index in [-0.39, 0.29) is 17.0 Å². The molecule has 1 unspecified atom stereocenters. The largest absolute Gasteiger partial charge is 0.494 e. The van der Waals surface area contributed by atoms with Crippen molar-refractivity contribution in [2.75, 3.05) is 20.3 Å². The Morgan fingerprint density at radius 3 is 2.19 bits per heavy atom. The minimum absolute atomic E-state index is 0.0400. The molecular formula is C27H25N3O5S. The first kappa shape index (κ1) is 24.8. The lowest BCUT2D eigenvalue weighted by molar-refractivity contribution is -0.136. The van der Waals surface area contributed by atoms with Crippen molar-refractivity contribution < 1.29 is 19.0 Å². The van der Waals surface area contributed by atoms with E-state index in [2.05, 4.69) is 6.07 Å². The van der Waals surface area contributed by atoms with Gasteiger partial charge in [-0.05, 0) is 55.3 Å². The van der Waals surface area contributed by atoms with Crippen LogP contribution in [0.2, 0.25) is 0 Å². The Bertz CT molecular complexity index is 1540. The van der Waals surface area contributed by atoms with Gasteiger partial charge in [0.25, 0.3) is 5.56 Å². The van der Waals surface area contributed by atoms with Gasteiger partial charge in [-0.1, -0.05) is 24.3 Å². The van der Waals surface area contributed by atoms with Crippen LogP contribution < -0.4 is 30.0 Å². The van der Waals surface area contributed by atoms with E-state index in [9.17, 15) is 14.9 Å². The van der Waals surface area contributed by atoms with Crippen LogP contribution in [-0.4, -0.2) is 30.9 Å². The SMILES string of the molecule is CCOc1ccc(C=c2sc3n(c2=O)C(N)=C(C(=O)OC)C(c2ccc(OCC)cc2)C=3C#N)cc1. The zero-order valence-corrected chi connectivity index (χ0v) is 20.9. The number of rotatable bonds is 7. The smallest absolute Gasteiger partial charge is 0.338 e. The van der Waals surface area contributed by atoms with Crippen molar-refractivity contribution in [2.24, 2.45) is 5.73 Å². The predicted octanol–water partition coefficient (Wildman–Crippen LogP) is 2.31. The third-order valence-corrected chi connectivity index (χ3v) is 6.80. The molecule has 0 spiro atoms. The number of thiazole rings is 1. The van der Waals surface area contributed by atoms with Crippen molar-refractivity contribution in [3.8, 4) is 17.6 Å². The number of carbonyl (C=O) groups is 1. The normalized spacial score (nSPS) is 15.3. The maximum atomic E-state index is 13.4. The van der Waals surface area contributed by atoms with Gasteiger partial charge in [-0.25, -0.2) is 4.79 Å². The van der Waals surface area contributed by atoms with Crippen LogP contribution in [0.15, 0.2) is 58.9 Å². The van der Waals surface area contributed by atoms with Crippen molar-refractivity contribution in [3.05, 3.63) is 84.8 Å². The number of methoxy groups -OCH3 is 1. The first-order chi connectivity index (χ1) is 17.4. The maximum absolute atomic E-state index is 13.4. The van der Waals surface area contributed by atoms with Crippen LogP contribution in [0.3, 0.4) is 0 Å². The molecular weight excluding hydrogens is 478 g/mol. The summed E-state index contributed by atoms with van der Waals surface area (Å²) in [5.74, 6) is -0.172. The molecule has 1 aromatic heterocycles. The molecule has 4 rings (SSSR count). The highest BCUT2D eigenvalue weighted by molar-refractivity contribution is 7.07. The van der Waals surface area contributed by atoms with Gasteiger partial charge < -0.3 is 19.9 Å². The van der Waals surface area contributed by atoms with E-state index in [1.807, 2.05) is 38.1 Å². The molecule has 1 atom stereocenters. The zero-order valence-electron chi connectivity index (χ0n) is 20.1. The molecule has 3 aromatic rings. The highest BCUT2D eigenvalue weighted by Crippen LogP contribution is 2.37. The Morgan fingerprint density at radius 2 is 1.67 bits per heavy atom. The van der Waals surface area contributed by atoms with E-state index in [4.69, 9.17) is 19.9 Å². The average molecular weight is 504 g/mol. The minimum Gasteiger partial charge on any atom is -0.494 e. The van der Waals surface area contributed by atoms with Crippen molar-refractivity contribution >= 4 is 34.8 Å². The molecule has 9 heteroatoms. The molecule has 2 heterocycles. The molecule has 2 N–H and O–H groups in total. The van der Waals surface area contributed by atoms with Gasteiger partial charge in [0.1, 0.15) is 22.0 Å². The summed E-state index contributed by atoms with van der Waals surface area (Å²) in [6.45, 7) is 4.85. The van der Waals surface area contributed by atoms with Crippen molar-refractivity contribution in [2.45, 2.75) is 19.8 Å². The summed E-state index contributed by atoms with van der Waals surface area (Å²) in [6, 6.07) is 16.6. The third-order valence-electron chi connectivity index (χ3n) is 5.69. The first-order valence-electron chi connectivity index (χ1n) is 11.3. The average Bonchev–Trinajstić information content (AvgIpc) is 3.21. The molecule has 1 aliphatic rings. The summed E-state index contributed by atoms with van der Waals surface area (Å²) in [5, 5.41) is 10.2. The first-order valence-corrected chi connectivity index (χ1v) is 12.2. The predicted molar refractivity (Wildman–Crippen MR) is 138 cm³/mol. The molecule has 36 heavy (non-hydrogen) atoms. The van der Waals surface area contributed by atoms with E-state index in [1.54, 1.807) is 30.3 Å². The Balaban J connectivity index is 1.94. The highest BCUT2D eigenvalue weighted by atomic mass is 32.1. The zero-order chi connectivity index (χ0) is 25.8. The molecule has 0 saturated heterocycles. The lowest BCUT2D eigenvalue weighted by Crippen LogP contribution is -2.40. The fourth-order valence-electron chi connectivity index (χ4n) is 4.10. The van der Waals surface area contributed by atoms with Crippen LogP contribution in [0, 0.1) is 11.3 Å². The van der Waals surface area contributed by atoms with Gasteiger partial charge in [-0.3, -0.25) is 9.36 Å². The van der Waals surface area contributed by atoms with E-state index in [0.717, 1.165) is 22.6 Å². The number of ether oxygens (including phenoxy) is 3. The number of fused-ring (bicyclic) bond motifs is 1. The Morgan fingerprint density at radius 1 is 1.08 bits per heavy atom. The monoisotopic (exact) mass is 503 g/mol. The van der Waals surface area contributed by atoms with Crippen LogP contribution in [0.4, 0.5) is 0 Å². The molecule has 2 aromatic carbocycles. The van der Waals surface area contributed by atoms with E-state index in [1.165, 1.54) is 11.7 Å². The van der Waals surface area contributed by atoms with Crippen LogP contribution in [0.1, 0.15) is 30.9 Å². The van der Waals surface area contributed by atoms with Crippen LogP contribution in [0.5, 0.6) is 11.5 Å². The van der Waals surface area contributed by atoms with Gasteiger partial charge in [-0.15, -0.1) is 11.3 Å². The molecule has 0 bridgehead atoms. The number of nitrogens with zero attached hydrogens (tertiary/aromatic N) is 2. The van der Waals surface area contributed by atoms with Gasteiger partial charge in [0.2, 0.25) is 0 Å².